The van der Waals surface area contributed by atoms with Crippen LogP contribution in [-0.2, 0) is 26.8 Å². The highest BCUT2D eigenvalue weighted by Crippen LogP contribution is 2.40. The molecular weight excluding hydrogens is 356 g/mol. The maximum absolute atomic E-state index is 11.3. The summed E-state index contributed by atoms with van der Waals surface area (Å²) in [5.41, 5.74) is 1.16. The topological polar surface area (TPSA) is 48.7 Å². The molecule has 0 aliphatic heterocycles. The van der Waals surface area contributed by atoms with Crippen LogP contribution in [0.15, 0.2) is 46.9 Å². The van der Waals surface area contributed by atoms with E-state index in [-0.39, 0.29) is 17.1 Å². The van der Waals surface area contributed by atoms with Crippen LogP contribution in [0.4, 0.5) is 0 Å². The SMILES string of the molecule is COC(=O)CCc1ccc(CC(O[Si](C)(C)C(C)(C)C)c2ccccc2)o1. The minimum atomic E-state index is -1.94. The van der Waals surface area contributed by atoms with Crippen molar-refractivity contribution in [3.8, 4) is 0 Å². The van der Waals surface area contributed by atoms with Gasteiger partial charge in [-0.05, 0) is 35.8 Å². The van der Waals surface area contributed by atoms with Crippen LogP contribution >= 0.6 is 0 Å². The second-order valence-corrected chi connectivity index (χ2v) is 13.2. The number of esters is 1. The van der Waals surface area contributed by atoms with Gasteiger partial charge < -0.3 is 13.6 Å². The molecule has 148 valence electrons. The van der Waals surface area contributed by atoms with Crippen molar-refractivity contribution in [3.05, 3.63) is 59.5 Å². The average Bonchev–Trinajstić information content (AvgIpc) is 3.06. The first-order chi connectivity index (χ1) is 12.6. The fourth-order valence-corrected chi connectivity index (χ4v) is 3.89. The van der Waals surface area contributed by atoms with Crippen molar-refractivity contribution >= 4 is 14.3 Å². The molecule has 5 heteroatoms. The van der Waals surface area contributed by atoms with Crippen LogP contribution < -0.4 is 0 Å². The van der Waals surface area contributed by atoms with E-state index in [2.05, 4.69) is 46.0 Å². The normalized spacial score (nSPS) is 13.4. The van der Waals surface area contributed by atoms with E-state index in [9.17, 15) is 4.79 Å². The number of carbonyl (C=O) groups is 1. The smallest absolute Gasteiger partial charge is 0.305 e. The summed E-state index contributed by atoms with van der Waals surface area (Å²) in [4.78, 5) is 11.3. The Bertz CT molecular complexity index is 728. The van der Waals surface area contributed by atoms with Crippen molar-refractivity contribution < 1.29 is 18.4 Å². The maximum Gasteiger partial charge on any atom is 0.305 e. The van der Waals surface area contributed by atoms with E-state index in [0.717, 1.165) is 17.1 Å². The van der Waals surface area contributed by atoms with E-state index < -0.39 is 8.32 Å². The molecule has 1 unspecified atom stereocenters. The molecule has 0 saturated heterocycles. The van der Waals surface area contributed by atoms with Crippen LogP contribution in [0.25, 0.3) is 0 Å². The summed E-state index contributed by atoms with van der Waals surface area (Å²) in [6, 6.07) is 14.2. The van der Waals surface area contributed by atoms with E-state index in [1.54, 1.807) is 0 Å². The summed E-state index contributed by atoms with van der Waals surface area (Å²) in [6.45, 7) is 11.3. The Labute approximate surface area is 164 Å². The molecule has 1 heterocycles. The van der Waals surface area contributed by atoms with Gasteiger partial charge in [0.1, 0.15) is 11.5 Å². The van der Waals surface area contributed by atoms with Crippen molar-refractivity contribution in [1.29, 1.82) is 0 Å². The van der Waals surface area contributed by atoms with Gasteiger partial charge in [0.2, 0.25) is 0 Å². The molecule has 0 N–H and O–H groups in total. The third-order valence-corrected chi connectivity index (χ3v) is 9.81. The average molecular weight is 389 g/mol. The van der Waals surface area contributed by atoms with E-state index in [1.807, 2.05) is 30.3 Å². The molecule has 0 spiro atoms. The lowest BCUT2D eigenvalue weighted by atomic mass is 10.1. The van der Waals surface area contributed by atoms with E-state index in [1.165, 1.54) is 7.11 Å². The summed E-state index contributed by atoms with van der Waals surface area (Å²) in [5, 5.41) is 0.134. The van der Waals surface area contributed by atoms with Gasteiger partial charge in [-0.3, -0.25) is 4.79 Å². The molecule has 27 heavy (non-hydrogen) atoms. The number of carbonyl (C=O) groups excluding carboxylic acids is 1. The number of rotatable bonds is 8. The van der Waals surface area contributed by atoms with Crippen molar-refractivity contribution in [1.82, 2.24) is 0 Å². The van der Waals surface area contributed by atoms with Crippen molar-refractivity contribution in [2.24, 2.45) is 0 Å². The zero-order chi connectivity index (χ0) is 20.1. The van der Waals surface area contributed by atoms with Gasteiger partial charge in [0, 0.05) is 12.8 Å². The fourth-order valence-electron chi connectivity index (χ4n) is 2.60. The van der Waals surface area contributed by atoms with Gasteiger partial charge in [-0.1, -0.05) is 51.1 Å². The minimum absolute atomic E-state index is 0.0494. The molecular formula is C22H32O4Si. The maximum atomic E-state index is 11.3. The molecule has 0 saturated carbocycles. The first-order valence-corrected chi connectivity index (χ1v) is 12.4. The number of hydrogen-bond donors (Lipinski definition) is 0. The molecule has 0 amide bonds. The lowest BCUT2D eigenvalue weighted by molar-refractivity contribution is -0.140. The third kappa shape index (κ3) is 6.08. The Morgan fingerprint density at radius 1 is 1.07 bits per heavy atom. The van der Waals surface area contributed by atoms with E-state index in [4.69, 9.17) is 13.6 Å². The molecule has 0 aliphatic rings. The molecule has 2 rings (SSSR count). The van der Waals surface area contributed by atoms with E-state index in [0.29, 0.717) is 19.3 Å². The van der Waals surface area contributed by atoms with Gasteiger partial charge >= 0.3 is 5.97 Å². The molecule has 0 bridgehead atoms. The predicted molar refractivity (Wildman–Crippen MR) is 110 cm³/mol. The van der Waals surface area contributed by atoms with Crippen LogP contribution in [-0.4, -0.2) is 21.4 Å². The summed E-state index contributed by atoms with van der Waals surface area (Å²) in [7, 11) is -0.534. The van der Waals surface area contributed by atoms with Crippen LogP contribution in [0.1, 0.15) is 50.4 Å². The van der Waals surface area contributed by atoms with Crippen LogP contribution in [0.3, 0.4) is 0 Å². The number of methoxy groups -OCH3 is 1. The minimum Gasteiger partial charge on any atom is -0.469 e. The largest absolute Gasteiger partial charge is 0.469 e. The van der Waals surface area contributed by atoms with Gasteiger partial charge in [0.15, 0.2) is 8.32 Å². The molecule has 1 atom stereocenters. The van der Waals surface area contributed by atoms with Crippen LogP contribution in [0, 0.1) is 0 Å². The second-order valence-electron chi connectivity index (χ2n) is 8.43. The summed E-state index contributed by atoms with van der Waals surface area (Å²) in [5.74, 6) is 1.45. The summed E-state index contributed by atoms with van der Waals surface area (Å²) < 4.78 is 17.4. The Balaban J connectivity index is 2.16. The van der Waals surface area contributed by atoms with Gasteiger partial charge in [0.25, 0.3) is 0 Å². The Hall–Kier alpha value is -1.85. The molecule has 0 aliphatic carbocycles. The van der Waals surface area contributed by atoms with E-state index >= 15 is 0 Å². The molecule has 2 aromatic rings. The first-order valence-electron chi connectivity index (χ1n) is 9.49. The van der Waals surface area contributed by atoms with Crippen LogP contribution in [0.2, 0.25) is 18.1 Å². The zero-order valence-corrected chi connectivity index (χ0v) is 18.4. The standard InChI is InChI=1S/C22H32O4Si/c1-22(2,3)27(5,6)26-20(17-10-8-7-9-11-17)16-19-13-12-18(25-19)14-15-21(23)24-4/h7-13,20H,14-16H2,1-6H3. The summed E-state index contributed by atoms with van der Waals surface area (Å²) >= 11 is 0. The fraction of sp³-hybridized carbons (Fsp3) is 0.500. The zero-order valence-electron chi connectivity index (χ0n) is 17.4. The molecule has 4 nitrogen and oxygen atoms in total. The highest BCUT2D eigenvalue weighted by molar-refractivity contribution is 6.74. The number of ether oxygens (including phenoxy) is 1. The second kappa shape index (κ2) is 8.89. The Morgan fingerprint density at radius 3 is 2.30 bits per heavy atom. The Morgan fingerprint density at radius 2 is 1.70 bits per heavy atom. The highest BCUT2D eigenvalue weighted by Gasteiger charge is 2.39. The highest BCUT2D eigenvalue weighted by atomic mass is 28.4. The van der Waals surface area contributed by atoms with Gasteiger partial charge in [-0.25, -0.2) is 0 Å². The van der Waals surface area contributed by atoms with Crippen molar-refractivity contribution in [2.45, 2.75) is 64.3 Å². The monoisotopic (exact) mass is 388 g/mol. The number of furan rings is 1. The number of benzene rings is 1. The number of aryl methyl sites for hydroxylation is 1. The summed E-state index contributed by atoms with van der Waals surface area (Å²) in [6.07, 6.45) is 1.50. The van der Waals surface area contributed by atoms with Gasteiger partial charge in [-0.15, -0.1) is 0 Å². The lowest BCUT2D eigenvalue weighted by Crippen LogP contribution is -2.42. The number of hydrogen-bond acceptors (Lipinski definition) is 4. The van der Waals surface area contributed by atoms with Gasteiger partial charge in [0.05, 0.1) is 19.6 Å². The van der Waals surface area contributed by atoms with Crippen LogP contribution in [0.5, 0.6) is 0 Å². The third-order valence-electron chi connectivity index (χ3n) is 5.32. The van der Waals surface area contributed by atoms with Crippen molar-refractivity contribution in [2.75, 3.05) is 7.11 Å². The molecule has 1 aromatic heterocycles. The predicted octanol–water partition coefficient (Wildman–Crippen LogP) is 5.69. The lowest BCUT2D eigenvalue weighted by Gasteiger charge is -2.39. The quantitative estimate of drug-likeness (QED) is 0.430. The van der Waals surface area contributed by atoms with Gasteiger partial charge in [-0.2, -0.15) is 0 Å². The Kier molecular flexibility index (Phi) is 7.06. The van der Waals surface area contributed by atoms with Crippen molar-refractivity contribution in [3.63, 3.8) is 0 Å². The first kappa shape index (κ1) is 21.4. The molecule has 0 fully saturated rings. The molecule has 1 aromatic carbocycles. The molecule has 0 radical (unpaired) electrons.